The van der Waals surface area contributed by atoms with Gasteiger partial charge >= 0.3 is 0 Å². The quantitative estimate of drug-likeness (QED) is 0.650. The second-order valence-corrected chi connectivity index (χ2v) is 7.36. The van der Waals surface area contributed by atoms with Crippen LogP contribution in [0.3, 0.4) is 0 Å². The normalized spacial score (nSPS) is 11.7. The molecule has 0 unspecified atom stereocenters. The summed E-state index contributed by atoms with van der Waals surface area (Å²) in [6.45, 7) is 0.309. The Morgan fingerprint density at radius 3 is 2.65 bits per heavy atom. The van der Waals surface area contributed by atoms with E-state index in [0.29, 0.717) is 12.1 Å². The van der Waals surface area contributed by atoms with Gasteiger partial charge in [-0.25, -0.2) is 13.1 Å². The largest absolute Gasteiger partial charge is 0.392 e. The van der Waals surface area contributed by atoms with Gasteiger partial charge in [-0.1, -0.05) is 25.0 Å². The van der Waals surface area contributed by atoms with Crippen molar-refractivity contribution >= 4 is 21.8 Å². The second kappa shape index (κ2) is 9.39. The summed E-state index contributed by atoms with van der Waals surface area (Å²) in [6, 6.07) is 6.38. The van der Waals surface area contributed by atoms with Crippen molar-refractivity contribution in [2.75, 3.05) is 18.6 Å². The van der Waals surface area contributed by atoms with Crippen molar-refractivity contribution in [2.24, 2.45) is 0 Å². The lowest BCUT2D eigenvalue weighted by atomic mass is 10.2. The third kappa shape index (κ3) is 6.26. The molecule has 0 radical (unpaired) electrons. The van der Waals surface area contributed by atoms with Crippen LogP contribution in [0.5, 0.6) is 0 Å². The van der Waals surface area contributed by atoms with Crippen molar-refractivity contribution in [3.05, 3.63) is 29.8 Å². The van der Waals surface area contributed by atoms with Crippen molar-refractivity contribution in [1.29, 1.82) is 0 Å². The van der Waals surface area contributed by atoms with E-state index in [0.717, 1.165) is 19.3 Å². The topological polar surface area (TPSA) is 66.4 Å². The van der Waals surface area contributed by atoms with Crippen LogP contribution in [-0.2, 0) is 16.6 Å². The Hall–Kier alpha value is -0.560. The number of hydrogen-bond donors (Lipinski definition) is 2. The molecule has 0 heterocycles. The van der Waals surface area contributed by atoms with Crippen molar-refractivity contribution in [3.8, 4) is 0 Å². The van der Waals surface area contributed by atoms with E-state index < -0.39 is 10.0 Å². The lowest BCUT2D eigenvalue weighted by Gasteiger charge is -2.07. The number of aliphatic hydroxyl groups is 1. The molecule has 2 N–H and O–H groups in total. The highest BCUT2D eigenvalue weighted by molar-refractivity contribution is 7.98. The highest BCUT2D eigenvalue weighted by Crippen LogP contribution is 2.11. The van der Waals surface area contributed by atoms with E-state index in [9.17, 15) is 8.42 Å². The fourth-order valence-electron chi connectivity index (χ4n) is 1.83. The smallest absolute Gasteiger partial charge is 0.240 e. The van der Waals surface area contributed by atoms with Gasteiger partial charge in [-0.3, -0.25) is 0 Å². The first-order valence-electron chi connectivity index (χ1n) is 6.78. The second-order valence-electron chi connectivity index (χ2n) is 4.61. The highest BCUT2D eigenvalue weighted by atomic mass is 32.2. The van der Waals surface area contributed by atoms with E-state index in [2.05, 4.69) is 11.0 Å². The standard InChI is InChI=1S/C14H23NO3S2/c1-19-10-5-3-2-4-9-15-20(17,18)14-8-6-7-13(11-14)12-16/h6-8,11,15-16H,2-5,9-10,12H2,1H3. The molecule has 0 amide bonds. The Morgan fingerprint density at radius 2 is 1.95 bits per heavy atom. The summed E-state index contributed by atoms with van der Waals surface area (Å²) in [5, 5.41) is 9.03. The molecule has 0 bridgehead atoms. The van der Waals surface area contributed by atoms with Crippen LogP contribution in [0.1, 0.15) is 31.2 Å². The lowest BCUT2D eigenvalue weighted by Crippen LogP contribution is -2.24. The van der Waals surface area contributed by atoms with E-state index >= 15 is 0 Å². The van der Waals surface area contributed by atoms with Crippen LogP contribution in [0.4, 0.5) is 0 Å². The maximum absolute atomic E-state index is 12.0. The van der Waals surface area contributed by atoms with Crippen LogP contribution in [0.25, 0.3) is 0 Å². The number of thioether (sulfide) groups is 1. The predicted octanol–water partition coefficient (Wildman–Crippen LogP) is 2.38. The molecule has 6 heteroatoms. The fraction of sp³-hybridized carbons (Fsp3) is 0.571. The molecule has 1 rings (SSSR count). The minimum atomic E-state index is -3.46. The molecule has 4 nitrogen and oxygen atoms in total. The van der Waals surface area contributed by atoms with Gasteiger partial charge in [-0.05, 0) is 42.5 Å². The molecule has 1 aromatic rings. The number of aliphatic hydroxyl groups excluding tert-OH is 1. The van der Waals surface area contributed by atoms with E-state index in [1.807, 2.05) is 11.8 Å². The minimum Gasteiger partial charge on any atom is -0.392 e. The van der Waals surface area contributed by atoms with Crippen LogP contribution in [0, 0.1) is 0 Å². The average Bonchev–Trinajstić information content (AvgIpc) is 2.46. The Labute approximate surface area is 126 Å². The maximum atomic E-state index is 12.0. The van der Waals surface area contributed by atoms with Crippen molar-refractivity contribution in [3.63, 3.8) is 0 Å². The van der Waals surface area contributed by atoms with Gasteiger partial charge in [-0.15, -0.1) is 0 Å². The minimum absolute atomic E-state index is 0.154. The van der Waals surface area contributed by atoms with Crippen LogP contribution in [0.2, 0.25) is 0 Å². The molecular formula is C14H23NO3S2. The molecule has 1 aromatic carbocycles. The molecule has 0 aliphatic rings. The first-order chi connectivity index (χ1) is 9.60. The Balaban J connectivity index is 2.37. The Kier molecular flexibility index (Phi) is 8.21. The average molecular weight is 317 g/mol. The summed E-state index contributed by atoms with van der Waals surface area (Å²) in [4.78, 5) is 0.214. The van der Waals surface area contributed by atoms with E-state index in [1.54, 1.807) is 18.2 Å². The van der Waals surface area contributed by atoms with Gasteiger partial charge < -0.3 is 5.11 Å². The van der Waals surface area contributed by atoms with E-state index in [-0.39, 0.29) is 11.5 Å². The summed E-state index contributed by atoms with van der Waals surface area (Å²) >= 11 is 1.84. The summed E-state index contributed by atoms with van der Waals surface area (Å²) in [5.74, 6) is 1.17. The van der Waals surface area contributed by atoms with Gasteiger partial charge in [0.05, 0.1) is 11.5 Å². The molecule has 0 aromatic heterocycles. The van der Waals surface area contributed by atoms with Gasteiger partial charge in [0.2, 0.25) is 10.0 Å². The number of hydrogen-bond acceptors (Lipinski definition) is 4. The monoisotopic (exact) mass is 317 g/mol. The molecule has 0 saturated carbocycles. The molecule has 20 heavy (non-hydrogen) atoms. The summed E-state index contributed by atoms with van der Waals surface area (Å²) in [5.41, 5.74) is 0.602. The third-order valence-electron chi connectivity index (χ3n) is 2.96. The highest BCUT2D eigenvalue weighted by Gasteiger charge is 2.13. The molecule has 0 fully saturated rings. The van der Waals surface area contributed by atoms with Crippen molar-refractivity contribution in [2.45, 2.75) is 37.2 Å². The first-order valence-corrected chi connectivity index (χ1v) is 9.66. The molecule has 0 saturated heterocycles. The zero-order valence-electron chi connectivity index (χ0n) is 11.8. The van der Waals surface area contributed by atoms with E-state index in [1.165, 1.54) is 18.2 Å². The van der Waals surface area contributed by atoms with Gasteiger partial charge in [0.1, 0.15) is 0 Å². The lowest BCUT2D eigenvalue weighted by molar-refractivity contribution is 0.281. The predicted molar refractivity (Wildman–Crippen MR) is 84.4 cm³/mol. The number of sulfonamides is 1. The van der Waals surface area contributed by atoms with Crippen LogP contribution in [-0.4, -0.2) is 32.1 Å². The van der Waals surface area contributed by atoms with Gasteiger partial charge in [0.25, 0.3) is 0 Å². The summed E-state index contributed by atoms with van der Waals surface area (Å²) in [6.07, 6.45) is 6.32. The maximum Gasteiger partial charge on any atom is 0.240 e. The fourth-order valence-corrected chi connectivity index (χ4v) is 3.46. The molecular weight excluding hydrogens is 294 g/mol. The van der Waals surface area contributed by atoms with Crippen LogP contribution in [0.15, 0.2) is 29.2 Å². The third-order valence-corrected chi connectivity index (χ3v) is 5.11. The molecule has 114 valence electrons. The van der Waals surface area contributed by atoms with Crippen molar-refractivity contribution in [1.82, 2.24) is 4.72 Å². The van der Waals surface area contributed by atoms with E-state index in [4.69, 9.17) is 5.11 Å². The number of benzene rings is 1. The first kappa shape index (κ1) is 17.5. The zero-order chi connectivity index (χ0) is 14.8. The van der Waals surface area contributed by atoms with Gasteiger partial charge in [0.15, 0.2) is 0 Å². The SMILES string of the molecule is CSCCCCCCNS(=O)(=O)c1cccc(CO)c1. The van der Waals surface area contributed by atoms with Gasteiger partial charge in [-0.2, -0.15) is 11.8 Å². The summed E-state index contributed by atoms with van der Waals surface area (Å²) < 4.78 is 26.7. The molecule has 0 spiro atoms. The van der Waals surface area contributed by atoms with Crippen molar-refractivity contribution < 1.29 is 13.5 Å². The molecule has 0 aliphatic carbocycles. The molecule has 0 aliphatic heterocycles. The zero-order valence-corrected chi connectivity index (χ0v) is 13.5. The van der Waals surface area contributed by atoms with Gasteiger partial charge in [0, 0.05) is 6.54 Å². The van der Waals surface area contributed by atoms with Crippen LogP contribution < -0.4 is 4.72 Å². The van der Waals surface area contributed by atoms with Crippen LogP contribution >= 0.6 is 11.8 Å². The number of nitrogens with one attached hydrogen (secondary N) is 1. The molecule has 0 atom stereocenters. The number of unbranched alkanes of at least 4 members (excludes halogenated alkanes) is 3. The Morgan fingerprint density at radius 1 is 1.20 bits per heavy atom. The number of rotatable bonds is 10. The summed E-state index contributed by atoms with van der Waals surface area (Å²) in [7, 11) is -3.46. The Bertz CT molecular complexity index is 489.